The van der Waals surface area contributed by atoms with E-state index in [1.54, 1.807) is 0 Å². The fourth-order valence-electron chi connectivity index (χ4n) is 3.58. The summed E-state index contributed by atoms with van der Waals surface area (Å²) in [5.41, 5.74) is 1.29. The third-order valence-corrected chi connectivity index (χ3v) is 4.98. The van der Waals surface area contributed by atoms with Gasteiger partial charge in [0, 0.05) is 18.9 Å². The van der Waals surface area contributed by atoms with Crippen molar-refractivity contribution >= 4 is 11.6 Å². The van der Waals surface area contributed by atoms with Gasteiger partial charge in [0.25, 0.3) is 12.3 Å². The summed E-state index contributed by atoms with van der Waals surface area (Å²) in [5, 5.41) is 6.50. The van der Waals surface area contributed by atoms with Crippen molar-refractivity contribution in [1.82, 2.24) is 9.78 Å². The van der Waals surface area contributed by atoms with Crippen molar-refractivity contribution < 1.29 is 13.6 Å². The van der Waals surface area contributed by atoms with E-state index in [1.807, 2.05) is 24.3 Å². The number of aryl methyl sites for hydroxylation is 1. The average Bonchev–Trinajstić information content (AvgIpc) is 3.44. The van der Waals surface area contributed by atoms with Crippen LogP contribution in [0.3, 0.4) is 0 Å². The van der Waals surface area contributed by atoms with Crippen LogP contribution in [-0.4, -0.2) is 15.7 Å². The Morgan fingerprint density at radius 3 is 2.79 bits per heavy atom. The topological polar surface area (TPSA) is 46.9 Å². The van der Waals surface area contributed by atoms with Crippen LogP contribution in [0.1, 0.15) is 53.2 Å². The number of halogens is 2. The quantitative estimate of drug-likeness (QED) is 0.896. The van der Waals surface area contributed by atoms with Gasteiger partial charge < -0.3 is 5.32 Å². The van der Waals surface area contributed by atoms with E-state index < -0.39 is 18.0 Å². The molecule has 0 bridgehead atoms. The molecule has 1 heterocycles. The highest BCUT2D eigenvalue weighted by Gasteiger charge is 2.48. The van der Waals surface area contributed by atoms with Crippen LogP contribution < -0.4 is 5.32 Å². The van der Waals surface area contributed by atoms with Crippen LogP contribution in [0.4, 0.5) is 14.5 Å². The number of rotatable bonds is 5. The summed E-state index contributed by atoms with van der Waals surface area (Å²) in [6.07, 6.45) is 2.34. The lowest BCUT2D eigenvalue weighted by atomic mass is 10.0. The van der Waals surface area contributed by atoms with E-state index in [-0.39, 0.29) is 5.56 Å². The van der Waals surface area contributed by atoms with Gasteiger partial charge in [-0.05, 0) is 48.6 Å². The predicted molar refractivity (Wildman–Crippen MR) is 86.1 cm³/mol. The summed E-state index contributed by atoms with van der Waals surface area (Å²) in [6, 6.07) is 7.68. The molecule has 0 radical (unpaired) electrons. The molecule has 0 aliphatic heterocycles. The van der Waals surface area contributed by atoms with E-state index in [9.17, 15) is 13.6 Å². The maximum atomic E-state index is 13.0. The number of amides is 1. The van der Waals surface area contributed by atoms with Crippen LogP contribution in [0.25, 0.3) is 0 Å². The minimum Gasteiger partial charge on any atom is -0.322 e. The number of carbonyl (C=O) groups is 1. The van der Waals surface area contributed by atoms with Gasteiger partial charge in [-0.1, -0.05) is 18.2 Å². The SMILES string of the molecule is Cn1cc(C(=O)Nc2ccccc2[C@@H]2C[C@@H]2C2CC2)c(C(F)F)n1. The number of alkyl halides is 2. The number of benzene rings is 1. The van der Waals surface area contributed by atoms with E-state index in [0.717, 1.165) is 29.5 Å². The maximum Gasteiger partial charge on any atom is 0.282 e. The molecule has 2 atom stereocenters. The molecule has 4 nitrogen and oxygen atoms in total. The van der Waals surface area contributed by atoms with Crippen LogP contribution in [0.15, 0.2) is 30.5 Å². The number of nitrogens with one attached hydrogen (secondary N) is 1. The Bertz CT molecular complexity index is 782. The summed E-state index contributed by atoms with van der Waals surface area (Å²) in [6.45, 7) is 0. The molecule has 1 N–H and O–H groups in total. The smallest absolute Gasteiger partial charge is 0.282 e. The van der Waals surface area contributed by atoms with Gasteiger partial charge in [-0.25, -0.2) is 8.78 Å². The van der Waals surface area contributed by atoms with Crippen LogP contribution in [0, 0.1) is 11.8 Å². The third-order valence-electron chi connectivity index (χ3n) is 4.98. The highest BCUT2D eigenvalue weighted by Crippen LogP contribution is 2.60. The Morgan fingerprint density at radius 2 is 2.08 bits per heavy atom. The lowest BCUT2D eigenvalue weighted by Gasteiger charge is -2.11. The van der Waals surface area contributed by atoms with Crippen LogP contribution in [0.5, 0.6) is 0 Å². The van der Waals surface area contributed by atoms with Crippen molar-refractivity contribution in [3.05, 3.63) is 47.3 Å². The molecule has 0 unspecified atom stereocenters. The molecule has 4 rings (SSSR count). The highest BCUT2D eigenvalue weighted by atomic mass is 19.3. The second-order valence-electron chi connectivity index (χ2n) is 6.79. The first-order valence-corrected chi connectivity index (χ1v) is 8.26. The Kier molecular flexibility index (Phi) is 3.62. The summed E-state index contributed by atoms with van der Waals surface area (Å²) >= 11 is 0. The number of para-hydroxylation sites is 1. The number of hydrogen-bond acceptors (Lipinski definition) is 2. The monoisotopic (exact) mass is 331 g/mol. The summed E-state index contributed by atoms with van der Waals surface area (Å²) in [4.78, 5) is 12.5. The maximum absolute atomic E-state index is 13.0. The summed E-state index contributed by atoms with van der Waals surface area (Å²) in [5.74, 6) is 1.51. The van der Waals surface area contributed by atoms with Gasteiger partial charge in [-0.3, -0.25) is 9.48 Å². The number of nitrogens with zero attached hydrogens (tertiary/aromatic N) is 2. The molecule has 0 saturated heterocycles. The second-order valence-corrected chi connectivity index (χ2v) is 6.79. The largest absolute Gasteiger partial charge is 0.322 e. The van der Waals surface area contributed by atoms with Gasteiger partial charge in [0.05, 0.1) is 5.56 Å². The van der Waals surface area contributed by atoms with Gasteiger partial charge in [-0.15, -0.1) is 0 Å². The number of aromatic nitrogens is 2. The Labute approximate surface area is 138 Å². The first-order chi connectivity index (χ1) is 11.5. The number of carbonyl (C=O) groups excluding carboxylic acids is 1. The average molecular weight is 331 g/mol. The van der Waals surface area contributed by atoms with Crippen molar-refractivity contribution in [2.24, 2.45) is 18.9 Å². The molecular formula is C18H19F2N3O. The molecule has 2 aliphatic rings. The van der Waals surface area contributed by atoms with Crippen LogP contribution in [-0.2, 0) is 7.05 Å². The lowest BCUT2D eigenvalue weighted by Crippen LogP contribution is -2.14. The molecule has 2 aliphatic carbocycles. The number of anilines is 1. The molecule has 2 saturated carbocycles. The first kappa shape index (κ1) is 15.3. The molecule has 24 heavy (non-hydrogen) atoms. The number of hydrogen-bond donors (Lipinski definition) is 1. The molecule has 126 valence electrons. The lowest BCUT2D eigenvalue weighted by molar-refractivity contribution is 0.101. The molecule has 2 fully saturated rings. The van der Waals surface area contributed by atoms with Gasteiger partial charge in [0.1, 0.15) is 5.69 Å². The van der Waals surface area contributed by atoms with Gasteiger partial charge in [-0.2, -0.15) is 5.10 Å². The van der Waals surface area contributed by atoms with Crippen molar-refractivity contribution in [1.29, 1.82) is 0 Å². The first-order valence-electron chi connectivity index (χ1n) is 8.26. The van der Waals surface area contributed by atoms with Gasteiger partial charge in [0.15, 0.2) is 0 Å². The Hall–Kier alpha value is -2.24. The van der Waals surface area contributed by atoms with E-state index >= 15 is 0 Å². The van der Waals surface area contributed by atoms with Gasteiger partial charge >= 0.3 is 0 Å². The normalized spacial score (nSPS) is 22.7. The highest BCUT2D eigenvalue weighted by molar-refractivity contribution is 6.05. The minimum absolute atomic E-state index is 0.0724. The Balaban J connectivity index is 1.56. The molecule has 1 aromatic heterocycles. The summed E-state index contributed by atoms with van der Waals surface area (Å²) < 4.78 is 27.3. The zero-order chi connectivity index (χ0) is 16.8. The van der Waals surface area contributed by atoms with E-state index in [4.69, 9.17) is 0 Å². The fourth-order valence-corrected chi connectivity index (χ4v) is 3.58. The molecular weight excluding hydrogens is 312 g/mol. The standard InChI is InChI=1S/C18H19F2N3O/c1-23-9-14(16(22-23)17(19)20)18(24)21-15-5-3-2-4-11(15)13-8-12(13)10-6-7-10/h2-5,9-10,12-13,17H,6-8H2,1H3,(H,21,24)/t12-,13+/m1/s1. The van der Waals surface area contributed by atoms with Crippen LogP contribution >= 0.6 is 0 Å². The van der Waals surface area contributed by atoms with Crippen molar-refractivity contribution in [3.63, 3.8) is 0 Å². The zero-order valence-corrected chi connectivity index (χ0v) is 13.4. The van der Waals surface area contributed by atoms with Gasteiger partial charge in [0.2, 0.25) is 0 Å². The van der Waals surface area contributed by atoms with Crippen LogP contribution in [0.2, 0.25) is 0 Å². The molecule has 2 aromatic rings. The van der Waals surface area contributed by atoms with Crippen molar-refractivity contribution in [3.8, 4) is 0 Å². The Morgan fingerprint density at radius 1 is 1.33 bits per heavy atom. The minimum atomic E-state index is -2.77. The molecule has 0 spiro atoms. The van der Waals surface area contributed by atoms with E-state index in [0.29, 0.717) is 5.92 Å². The predicted octanol–water partition coefficient (Wildman–Crippen LogP) is 4.12. The van der Waals surface area contributed by atoms with E-state index in [2.05, 4.69) is 10.4 Å². The van der Waals surface area contributed by atoms with Crippen molar-refractivity contribution in [2.75, 3.05) is 5.32 Å². The second kappa shape index (κ2) is 5.69. The zero-order valence-electron chi connectivity index (χ0n) is 13.4. The van der Waals surface area contributed by atoms with E-state index in [1.165, 1.54) is 30.8 Å². The van der Waals surface area contributed by atoms with Crippen molar-refractivity contribution in [2.45, 2.75) is 31.6 Å². The fraction of sp³-hybridized carbons (Fsp3) is 0.444. The summed E-state index contributed by atoms with van der Waals surface area (Å²) in [7, 11) is 1.53. The molecule has 1 aromatic carbocycles. The molecule has 1 amide bonds. The molecule has 6 heteroatoms. The third kappa shape index (κ3) is 2.81.